The van der Waals surface area contributed by atoms with Gasteiger partial charge in [-0.25, -0.2) is 0 Å². The average Bonchev–Trinajstić information content (AvgIpc) is 3.08. The Labute approximate surface area is 144 Å². The van der Waals surface area contributed by atoms with E-state index in [4.69, 9.17) is 0 Å². The van der Waals surface area contributed by atoms with Crippen LogP contribution in [-0.4, -0.2) is 0 Å². The van der Waals surface area contributed by atoms with Gasteiger partial charge in [-0.1, -0.05) is 24.3 Å². The minimum absolute atomic E-state index is 0. The first kappa shape index (κ1) is 16.9. The van der Waals surface area contributed by atoms with Crippen LogP contribution in [0.1, 0.15) is 0 Å². The first-order valence-electron chi connectivity index (χ1n) is 6.14. The first-order valence-corrected chi connectivity index (χ1v) is 6.14. The molecule has 0 N–H and O–H groups in total. The summed E-state index contributed by atoms with van der Waals surface area (Å²) in [7, 11) is 0. The van der Waals surface area contributed by atoms with Crippen LogP contribution in [0.25, 0.3) is 22.3 Å². The molecular formula is C18H14V2-2. The van der Waals surface area contributed by atoms with Crippen molar-refractivity contribution in [2.75, 3.05) is 0 Å². The van der Waals surface area contributed by atoms with E-state index in [1.165, 1.54) is 22.3 Å². The van der Waals surface area contributed by atoms with E-state index >= 15 is 0 Å². The Kier molecular flexibility index (Phi) is 6.91. The van der Waals surface area contributed by atoms with Crippen molar-refractivity contribution >= 4 is 0 Å². The Hall–Kier alpha value is -1.17. The summed E-state index contributed by atoms with van der Waals surface area (Å²) in [5.74, 6) is 0. The van der Waals surface area contributed by atoms with E-state index in [0.29, 0.717) is 0 Å². The van der Waals surface area contributed by atoms with Crippen molar-refractivity contribution in [2.45, 2.75) is 0 Å². The molecule has 0 nitrogen and oxygen atoms in total. The maximum atomic E-state index is 2.12. The van der Waals surface area contributed by atoms with Crippen LogP contribution >= 0.6 is 0 Å². The molecule has 4 rings (SSSR count). The van der Waals surface area contributed by atoms with Crippen LogP contribution in [0.15, 0.2) is 84.9 Å². The molecule has 0 unspecified atom stereocenters. The zero-order valence-corrected chi connectivity index (χ0v) is 13.8. The van der Waals surface area contributed by atoms with Crippen LogP contribution in [0.5, 0.6) is 0 Å². The summed E-state index contributed by atoms with van der Waals surface area (Å²) >= 11 is 0. The van der Waals surface area contributed by atoms with Gasteiger partial charge < -0.3 is 0 Å². The van der Waals surface area contributed by atoms with Crippen molar-refractivity contribution < 1.29 is 37.1 Å². The third-order valence-electron chi connectivity index (χ3n) is 3.10. The summed E-state index contributed by atoms with van der Waals surface area (Å²) in [6.45, 7) is 0. The van der Waals surface area contributed by atoms with E-state index < -0.39 is 0 Å². The van der Waals surface area contributed by atoms with Crippen molar-refractivity contribution in [3.05, 3.63) is 84.9 Å². The van der Waals surface area contributed by atoms with Crippen molar-refractivity contribution in [3.8, 4) is 22.3 Å². The second kappa shape index (κ2) is 8.19. The predicted molar refractivity (Wildman–Crippen MR) is 77.3 cm³/mol. The maximum absolute atomic E-state index is 2.12. The monoisotopic (exact) mass is 332 g/mol. The summed E-state index contributed by atoms with van der Waals surface area (Å²) in [5.41, 5.74) is 5.32. The smallest absolute Gasteiger partial charge is 0 e. The Morgan fingerprint density at radius 3 is 1.30 bits per heavy atom. The SMILES string of the molecule is [V].[V].c1cc2cc[cH-]cc-2c1.c1cc2cc[cH-]cc-2c1. The van der Waals surface area contributed by atoms with Gasteiger partial charge in [0.15, 0.2) is 0 Å². The summed E-state index contributed by atoms with van der Waals surface area (Å²) in [4.78, 5) is 0. The fraction of sp³-hybridized carbons (Fsp3) is 0. The normalized spacial score (nSPS) is 9.20. The molecule has 2 radical (unpaired) electrons. The Balaban J connectivity index is 0.000000182. The third-order valence-corrected chi connectivity index (χ3v) is 3.10. The van der Waals surface area contributed by atoms with Gasteiger partial charge in [0.1, 0.15) is 0 Å². The molecule has 2 heteroatoms. The summed E-state index contributed by atoms with van der Waals surface area (Å²) in [6.07, 6.45) is 0. The van der Waals surface area contributed by atoms with Crippen LogP contribution in [-0.2, 0) is 37.1 Å². The minimum Gasteiger partial charge on any atom is -0.172 e. The molecular weight excluding hydrogens is 318 g/mol. The molecule has 0 amide bonds. The number of rotatable bonds is 0. The zero-order valence-electron chi connectivity index (χ0n) is 11.0. The number of benzene rings is 2. The minimum atomic E-state index is 0. The van der Waals surface area contributed by atoms with Gasteiger partial charge in [-0.3, -0.25) is 0 Å². The topological polar surface area (TPSA) is 0 Å². The quantitative estimate of drug-likeness (QED) is 0.397. The van der Waals surface area contributed by atoms with E-state index in [-0.39, 0.29) is 37.1 Å². The summed E-state index contributed by atoms with van der Waals surface area (Å²) in [6, 6.07) is 29.3. The third kappa shape index (κ3) is 3.91. The molecule has 4 aliphatic carbocycles. The van der Waals surface area contributed by atoms with Gasteiger partial charge in [-0.15, -0.1) is 34.4 Å². The molecule has 0 atom stereocenters. The Bertz CT molecular complexity index is 549. The molecule has 0 heterocycles. The first-order chi connectivity index (χ1) is 8.93. The van der Waals surface area contributed by atoms with Gasteiger partial charge in [-0.05, 0) is 0 Å². The van der Waals surface area contributed by atoms with Gasteiger partial charge in [-0.2, -0.15) is 48.5 Å². The van der Waals surface area contributed by atoms with Crippen molar-refractivity contribution in [1.82, 2.24) is 0 Å². The van der Waals surface area contributed by atoms with Crippen molar-refractivity contribution in [3.63, 3.8) is 0 Å². The number of hydrogen-bond acceptors (Lipinski definition) is 0. The molecule has 0 aromatic heterocycles. The molecule has 0 aliphatic heterocycles. The van der Waals surface area contributed by atoms with Crippen LogP contribution < -0.4 is 0 Å². The van der Waals surface area contributed by atoms with E-state index in [2.05, 4.69) is 84.9 Å². The molecule has 98 valence electrons. The van der Waals surface area contributed by atoms with Gasteiger partial charge in [0, 0.05) is 37.1 Å². The largest absolute Gasteiger partial charge is 0.172 e. The van der Waals surface area contributed by atoms with Crippen molar-refractivity contribution in [1.29, 1.82) is 0 Å². The van der Waals surface area contributed by atoms with Gasteiger partial charge >= 0.3 is 0 Å². The van der Waals surface area contributed by atoms with Crippen LogP contribution in [0, 0.1) is 0 Å². The molecule has 0 saturated heterocycles. The summed E-state index contributed by atoms with van der Waals surface area (Å²) in [5, 5.41) is 0. The molecule has 20 heavy (non-hydrogen) atoms. The molecule has 0 spiro atoms. The fourth-order valence-electron chi connectivity index (χ4n) is 2.14. The average molecular weight is 332 g/mol. The maximum Gasteiger partial charge on any atom is 0 e. The zero-order chi connectivity index (χ0) is 12.2. The van der Waals surface area contributed by atoms with Crippen LogP contribution in [0.3, 0.4) is 0 Å². The Morgan fingerprint density at radius 2 is 0.900 bits per heavy atom. The Morgan fingerprint density at radius 1 is 0.500 bits per heavy atom. The van der Waals surface area contributed by atoms with Gasteiger partial charge in [0.2, 0.25) is 0 Å². The van der Waals surface area contributed by atoms with Gasteiger partial charge in [0.25, 0.3) is 0 Å². The predicted octanol–water partition coefficient (Wildman–Crippen LogP) is 5.02. The van der Waals surface area contributed by atoms with Crippen LogP contribution in [0.2, 0.25) is 0 Å². The molecule has 0 saturated carbocycles. The van der Waals surface area contributed by atoms with E-state index in [0.717, 1.165) is 0 Å². The number of hydrogen-bond donors (Lipinski definition) is 0. The molecule has 4 aliphatic rings. The van der Waals surface area contributed by atoms with E-state index in [1.54, 1.807) is 0 Å². The molecule has 0 aromatic rings. The van der Waals surface area contributed by atoms with E-state index in [1.807, 2.05) is 0 Å². The fourth-order valence-corrected chi connectivity index (χ4v) is 2.14. The molecule has 0 fully saturated rings. The standard InChI is InChI=1S/2C9H7.2V/c2*1-2-5-9-7-3-6-8(9)4-1;;/h2*1-7H;;/q2*-1;;. The second-order valence-corrected chi connectivity index (χ2v) is 4.31. The van der Waals surface area contributed by atoms with Gasteiger partial charge in [0.05, 0.1) is 0 Å². The van der Waals surface area contributed by atoms with E-state index in [9.17, 15) is 0 Å². The number of fused-ring (bicyclic) bond motifs is 2. The molecule has 0 bridgehead atoms. The summed E-state index contributed by atoms with van der Waals surface area (Å²) < 4.78 is 0. The van der Waals surface area contributed by atoms with Crippen LogP contribution in [0.4, 0.5) is 0 Å². The molecule has 0 aromatic carbocycles. The second-order valence-electron chi connectivity index (χ2n) is 4.31. The van der Waals surface area contributed by atoms with Crippen molar-refractivity contribution in [2.24, 2.45) is 0 Å².